The van der Waals surface area contributed by atoms with Crippen LogP contribution in [0, 0.1) is 5.41 Å². The summed E-state index contributed by atoms with van der Waals surface area (Å²) in [6.45, 7) is 3.05. The van der Waals surface area contributed by atoms with Gasteiger partial charge in [0.15, 0.2) is 17.3 Å². The van der Waals surface area contributed by atoms with E-state index >= 15 is 0 Å². The van der Waals surface area contributed by atoms with Crippen molar-refractivity contribution >= 4 is 17.3 Å². The predicted octanol–water partition coefficient (Wildman–Crippen LogP) is 4.16. The Morgan fingerprint density at radius 1 is 1.06 bits per heavy atom. The van der Waals surface area contributed by atoms with E-state index in [-0.39, 0.29) is 22.9 Å². The van der Waals surface area contributed by atoms with E-state index in [9.17, 15) is 9.59 Å². The minimum Gasteiger partial charge on any atom is -0.493 e. The number of aromatic nitrogens is 2. The molecule has 8 nitrogen and oxygen atoms in total. The van der Waals surface area contributed by atoms with E-state index in [1.807, 2.05) is 30.3 Å². The molecule has 0 fully saturated rings. The van der Waals surface area contributed by atoms with Gasteiger partial charge in [0, 0.05) is 12.1 Å². The molecule has 0 spiro atoms. The molecule has 0 aliphatic heterocycles. The summed E-state index contributed by atoms with van der Waals surface area (Å²) in [5, 5.41) is 11.2. The van der Waals surface area contributed by atoms with Gasteiger partial charge in [0.25, 0.3) is 5.56 Å². The topological polar surface area (TPSA) is 117 Å². The van der Waals surface area contributed by atoms with Crippen LogP contribution in [-0.4, -0.2) is 41.7 Å². The van der Waals surface area contributed by atoms with Gasteiger partial charge in [-0.25, -0.2) is 4.98 Å². The van der Waals surface area contributed by atoms with Gasteiger partial charge in [-0.2, -0.15) is 0 Å². The number of H-pyrrole nitrogens is 1. The van der Waals surface area contributed by atoms with E-state index in [4.69, 9.17) is 14.9 Å². The van der Waals surface area contributed by atoms with Crippen molar-refractivity contribution in [2.24, 2.45) is 0 Å². The van der Waals surface area contributed by atoms with Crippen molar-refractivity contribution in [2.75, 3.05) is 19.5 Å². The zero-order valence-corrected chi connectivity index (χ0v) is 20.6. The Bertz CT molecular complexity index is 1240. The van der Waals surface area contributed by atoms with Gasteiger partial charge in [-0.1, -0.05) is 36.4 Å². The number of Topliss-reactive ketones (excluding diaryl/α,β-unsaturated/α-hetero) is 1. The van der Waals surface area contributed by atoms with E-state index < -0.39 is 11.6 Å². The zero-order valence-electron chi connectivity index (χ0n) is 20.6. The number of aryl methyl sites for hydroxylation is 1. The largest absolute Gasteiger partial charge is 0.493 e. The number of hydrogen-bond acceptors (Lipinski definition) is 7. The Kier molecular flexibility index (Phi) is 8.78. The van der Waals surface area contributed by atoms with Crippen molar-refractivity contribution in [1.29, 1.82) is 5.41 Å². The number of benzene rings is 2. The van der Waals surface area contributed by atoms with Gasteiger partial charge in [-0.15, -0.1) is 0 Å². The Hall–Kier alpha value is -3.94. The summed E-state index contributed by atoms with van der Waals surface area (Å²) >= 11 is 0. The number of hydrogen-bond donors (Lipinski definition) is 3. The molecule has 3 rings (SSSR count). The summed E-state index contributed by atoms with van der Waals surface area (Å²) in [7, 11) is 3.13. The Morgan fingerprint density at radius 2 is 1.77 bits per heavy atom. The molecule has 0 aliphatic carbocycles. The number of nitrogens with one attached hydrogen (secondary N) is 3. The van der Waals surface area contributed by atoms with Gasteiger partial charge < -0.3 is 25.2 Å². The van der Waals surface area contributed by atoms with Gasteiger partial charge in [-0.05, 0) is 56.4 Å². The molecule has 0 radical (unpaired) electrons. The number of methoxy groups -OCH3 is 2. The molecule has 35 heavy (non-hydrogen) atoms. The first-order valence-electron chi connectivity index (χ1n) is 11.5. The van der Waals surface area contributed by atoms with E-state index in [0.717, 1.165) is 18.4 Å². The maximum atomic E-state index is 12.9. The average molecular weight is 477 g/mol. The van der Waals surface area contributed by atoms with Gasteiger partial charge in [0.2, 0.25) is 0 Å². The summed E-state index contributed by atoms with van der Waals surface area (Å²) in [5.74, 6) is 1.80. The van der Waals surface area contributed by atoms with Crippen molar-refractivity contribution < 1.29 is 14.3 Å². The summed E-state index contributed by atoms with van der Waals surface area (Å²) in [6.07, 6.45) is 2.55. The SMILES string of the molecule is COc1ccc(Cc2nc(NC(CCCc3ccccc3)C(C)=O)c(C(C)=N)c(=O)[nH]2)cc1OC. The molecule has 0 amide bonds. The summed E-state index contributed by atoms with van der Waals surface area (Å²) in [6, 6.07) is 15.1. The molecular formula is C27H32N4O4. The monoisotopic (exact) mass is 476 g/mol. The Balaban J connectivity index is 1.84. The van der Waals surface area contributed by atoms with Gasteiger partial charge >= 0.3 is 0 Å². The van der Waals surface area contributed by atoms with Crippen LogP contribution < -0.4 is 20.3 Å². The van der Waals surface area contributed by atoms with Crippen LogP contribution >= 0.6 is 0 Å². The molecule has 3 aromatic rings. The van der Waals surface area contributed by atoms with Crippen molar-refractivity contribution in [3.63, 3.8) is 0 Å². The van der Waals surface area contributed by atoms with Crippen LogP contribution in [0.4, 0.5) is 5.82 Å². The molecule has 0 aliphatic rings. The molecule has 1 unspecified atom stereocenters. The lowest BCUT2D eigenvalue weighted by Crippen LogP contribution is -2.32. The molecule has 0 saturated heterocycles. The van der Waals surface area contributed by atoms with E-state index in [0.29, 0.717) is 30.2 Å². The number of rotatable bonds is 12. The molecular weight excluding hydrogens is 444 g/mol. The fourth-order valence-corrected chi connectivity index (χ4v) is 3.94. The first kappa shape index (κ1) is 25.7. The van der Waals surface area contributed by atoms with Crippen LogP contribution in [0.3, 0.4) is 0 Å². The summed E-state index contributed by atoms with van der Waals surface area (Å²) < 4.78 is 10.7. The summed E-state index contributed by atoms with van der Waals surface area (Å²) in [5.41, 5.74) is 1.86. The highest BCUT2D eigenvalue weighted by molar-refractivity contribution is 6.00. The average Bonchev–Trinajstić information content (AvgIpc) is 2.83. The number of carbonyl (C=O) groups is 1. The van der Waals surface area contributed by atoms with E-state index in [1.54, 1.807) is 20.3 Å². The van der Waals surface area contributed by atoms with E-state index in [1.165, 1.54) is 19.4 Å². The minimum absolute atomic E-state index is 0.0461. The zero-order chi connectivity index (χ0) is 25.4. The maximum absolute atomic E-state index is 12.9. The number of ketones is 1. The van der Waals surface area contributed by atoms with Crippen LogP contribution in [-0.2, 0) is 17.6 Å². The van der Waals surface area contributed by atoms with Crippen molar-refractivity contribution in [2.45, 2.75) is 45.6 Å². The highest BCUT2D eigenvalue weighted by Gasteiger charge is 2.20. The molecule has 1 atom stereocenters. The molecule has 1 heterocycles. The van der Waals surface area contributed by atoms with Crippen LogP contribution in [0.5, 0.6) is 11.5 Å². The van der Waals surface area contributed by atoms with Gasteiger partial charge in [0.05, 0.1) is 20.3 Å². The second-order valence-corrected chi connectivity index (χ2v) is 8.41. The second-order valence-electron chi connectivity index (χ2n) is 8.41. The van der Waals surface area contributed by atoms with Crippen LogP contribution in [0.25, 0.3) is 0 Å². The molecule has 2 aromatic carbocycles. The third-order valence-electron chi connectivity index (χ3n) is 5.77. The molecule has 1 aromatic heterocycles. The fourth-order valence-electron chi connectivity index (χ4n) is 3.94. The fraction of sp³-hybridized carbons (Fsp3) is 0.333. The first-order valence-corrected chi connectivity index (χ1v) is 11.5. The number of ether oxygens (including phenoxy) is 2. The van der Waals surface area contributed by atoms with Crippen molar-refractivity contribution in [3.05, 3.63) is 81.4 Å². The number of carbonyl (C=O) groups excluding carboxylic acids is 1. The lowest BCUT2D eigenvalue weighted by molar-refractivity contribution is -0.117. The molecule has 8 heteroatoms. The molecule has 0 saturated carbocycles. The first-order chi connectivity index (χ1) is 16.8. The van der Waals surface area contributed by atoms with Gasteiger partial charge in [0.1, 0.15) is 17.2 Å². The quantitative estimate of drug-likeness (QED) is 0.338. The standard InChI is InChI=1S/C27H32N4O4/c1-17(28)25-26(29-21(18(2)32)12-8-11-19-9-6-5-7-10-19)30-24(31-27(25)33)16-20-13-14-22(34-3)23(15-20)35-4/h5-7,9-10,13-15,21,28H,8,11-12,16H2,1-4H3,(H2,29,30,31,33). The number of nitrogens with zero attached hydrogens (tertiary/aromatic N) is 1. The molecule has 184 valence electrons. The lowest BCUT2D eigenvalue weighted by atomic mass is 10.0. The number of anilines is 1. The lowest BCUT2D eigenvalue weighted by Gasteiger charge is -2.19. The normalized spacial score (nSPS) is 11.5. The van der Waals surface area contributed by atoms with E-state index in [2.05, 4.69) is 27.4 Å². The highest BCUT2D eigenvalue weighted by atomic mass is 16.5. The second kappa shape index (κ2) is 12.0. The minimum atomic E-state index is -0.514. The van der Waals surface area contributed by atoms with Crippen LogP contribution in [0.2, 0.25) is 0 Å². The predicted molar refractivity (Wildman–Crippen MR) is 137 cm³/mol. The maximum Gasteiger partial charge on any atom is 0.262 e. The summed E-state index contributed by atoms with van der Waals surface area (Å²) in [4.78, 5) is 32.6. The number of aromatic amines is 1. The van der Waals surface area contributed by atoms with Crippen LogP contribution in [0.1, 0.15) is 49.2 Å². The van der Waals surface area contributed by atoms with Crippen LogP contribution in [0.15, 0.2) is 53.3 Å². The molecule has 3 N–H and O–H groups in total. The third kappa shape index (κ3) is 6.79. The van der Waals surface area contributed by atoms with Crippen molar-refractivity contribution in [3.8, 4) is 11.5 Å². The van der Waals surface area contributed by atoms with Gasteiger partial charge in [-0.3, -0.25) is 9.59 Å². The Labute approximate surface area is 205 Å². The third-order valence-corrected chi connectivity index (χ3v) is 5.77. The Morgan fingerprint density at radius 3 is 2.40 bits per heavy atom. The van der Waals surface area contributed by atoms with Crippen molar-refractivity contribution in [1.82, 2.24) is 9.97 Å². The smallest absolute Gasteiger partial charge is 0.262 e. The highest BCUT2D eigenvalue weighted by Crippen LogP contribution is 2.28. The molecule has 0 bridgehead atoms.